The standard InChI is InChI=1S/C9H5F4N/c1-5-7(9(11,12)13)3-2-6(4-14)8(5)10/h2-3H,1H3. The van der Waals surface area contributed by atoms with Crippen LogP contribution in [0.2, 0.25) is 0 Å². The van der Waals surface area contributed by atoms with Crippen molar-refractivity contribution in [3.63, 3.8) is 0 Å². The fourth-order valence-corrected chi connectivity index (χ4v) is 1.08. The van der Waals surface area contributed by atoms with Crippen molar-refractivity contribution >= 4 is 0 Å². The predicted molar refractivity (Wildman–Crippen MR) is 40.9 cm³/mol. The zero-order valence-corrected chi connectivity index (χ0v) is 7.11. The van der Waals surface area contributed by atoms with Gasteiger partial charge >= 0.3 is 6.18 Å². The van der Waals surface area contributed by atoms with Crippen LogP contribution < -0.4 is 0 Å². The molecule has 0 N–H and O–H groups in total. The van der Waals surface area contributed by atoms with Crippen LogP contribution >= 0.6 is 0 Å². The molecule has 0 heterocycles. The van der Waals surface area contributed by atoms with Crippen molar-refractivity contribution in [1.29, 1.82) is 5.26 Å². The van der Waals surface area contributed by atoms with E-state index in [-0.39, 0.29) is 5.56 Å². The van der Waals surface area contributed by atoms with Gasteiger partial charge in [0.25, 0.3) is 0 Å². The van der Waals surface area contributed by atoms with Gasteiger partial charge in [-0.3, -0.25) is 0 Å². The Labute approximate surface area is 77.6 Å². The van der Waals surface area contributed by atoms with Gasteiger partial charge in [0.1, 0.15) is 11.9 Å². The van der Waals surface area contributed by atoms with Crippen molar-refractivity contribution in [1.82, 2.24) is 0 Å². The van der Waals surface area contributed by atoms with Crippen molar-refractivity contribution in [2.24, 2.45) is 0 Å². The van der Waals surface area contributed by atoms with Crippen LogP contribution in [0.4, 0.5) is 17.6 Å². The van der Waals surface area contributed by atoms with E-state index in [2.05, 4.69) is 0 Å². The highest BCUT2D eigenvalue weighted by Crippen LogP contribution is 2.33. The monoisotopic (exact) mass is 203 g/mol. The average molecular weight is 203 g/mol. The first-order valence-electron chi connectivity index (χ1n) is 3.64. The van der Waals surface area contributed by atoms with Gasteiger partial charge < -0.3 is 0 Å². The molecule has 74 valence electrons. The van der Waals surface area contributed by atoms with Gasteiger partial charge in [-0.15, -0.1) is 0 Å². The van der Waals surface area contributed by atoms with Crippen LogP contribution in [-0.2, 0) is 6.18 Å². The molecule has 5 heteroatoms. The Morgan fingerprint density at radius 2 is 1.86 bits per heavy atom. The predicted octanol–water partition coefficient (Wildman–Crippen LogP) is 3.02. The molecule has 0 saturated heterocycles. The van der Waals surface area contributed by atoms with E-state index in [1.807, 2.05) is 0 Å². The SMILES string of the molecule is Cc1c(C(F)(F)F)ccc(C#N)c1F. The van der Waals surface area contributed by atoms with Gasteiger partial charge in [0.15, 0.2) is 0 Å². The average Bonchev–Trinajstić information content (AvgIpc) is 2.07. The van der Waals surface area contributed by atoms with Crippen molar-refractivity contribution in [2.75, 3.05) is 0 Å². The molecule has 0 spiro atoms. The Morgan fingerprint density at radius 1 is 1.29 bits per heavy atom. The van der Waals surface area contributed by atoms with Gasteiger partial charge in [-0.1, -0.05) is 0 Å². The maximum atomic E-state index is 13.1. The summed E-state index contributed by atoms with van der Waals surface area (Å²) in [6.45, 7) is 0.999. The van der Waals surface area contributed by atoms with Gasteiger partial charge in [-0.25, -0.2) is 4.39 Å². The summed E-state index contributed by atoms with van der Waals surface area (Å²) in [7, 11) is 0. The lowest BCUT2D eigenvalue weighted by Gasteiger charge is -2.10. The van der Waals surface area contributed by atoms with Crippen LogP contribution in [-0.4, -0.2) is 0 Å². The lowest BCUT2D eigenvalue weighted by molar-refractivity contribution is -0.138. The normalized spacial score (nSPS) is 11.1. The highest BCUT2D eigenvalue weighted by atomic mass is 19.4. The molecule has 0 fully saturated rings. The maximum absolute atomic E-state index is 13.1. The van der Waals surface area contributed by atoms with Crippen molar-refractivity contribution in [3.8, 4) is 6.07 Å². The number of rotatable bonds is 0. The number of nitrogens with zero attached hydrogens (tertiary/aromatic N) is 1. The summed E-state index contributed by atoms with van der Waals surface area (Å²) in [6, 6.07) is 3.00. The molecule has 0 bridgehead atoms. The summed E-state index contributed by atoms with van der Waals surface area (Å²) >= 11 is 0. The second-order valence-corrected chi connectivity index (χ2v) is 2.71. The first-order valence-corrected chi connectivity index (χ1v) is 3.64. The maximum Gasteiger partial charge on any atom is 0.416 e. The lowest BCUT2D eigenvalue weighted by atomic mass is 10.0. The van der Waals surface area contributed by atoms with Crippen LogP contribution in [0.3, 0.4) is 0 Å². The summed E-state index contributed by atoms with van der Waals surface area (Å²) in [5.41, 5.74) is -1.97. The van der Waals surface area contributed by atoms with E-state index in [1.165, 1.54) is 6.07 Å². The molecule has 1 rings (SSSR count). The van der Waals surface area contributed by atoms with Gasteiger partial charge in [-0.05, 0) is 24.6 Å². The van der Waals surface area contributed by atoms with Gasteiger partial charge in [0, 0.05) is 0 Å². The smallest absolute Gasteiger partial charge is 0.205 e. The number of halogens is 4. The Hall–Kier alpha value is -1.57. The van der Waals surface area contributed by atoms with E-state index >= 15 is 0 Å². The highest BCUT2D eigenvalue weighted by Gasteiger charge is 2.33. The largest absolute Gasteiger partial charge is 0.416 e. The van der Waals surface area contributed by atoms with Crippen LogP contribution in [0.25, 0.3) is 0 Å². The molecule has 1 aromatic rings. The van der Waals surface area contributed by atoms with E-state index in [9.17, 15) is 17.6 Å². The summed E-state index contributed by atoms with van der Waals surface area (Å²) in [5, 5.41) is 8.37. The van der Waals surface area contributed by atoms with Gasteiger partial charge in [0.2, 0.25) is 0 Å². The number of hydrogen-bond donors (Lipinski definition) is 0. The van der Waals surface area contributed by atoms with Crippen molar-refractivity contribution in [3.05, 3.63) is 34.6 Å². The first-order chi connectivity index (χ1) is 6.38. The Balaban J connectivity index is 3.41. The molecule has 0 radical (unpaired) electrons. The van der Waals surface area contributed by atoms with Crippen molar-refractivity contribution < 1.29 is 17.6 Å². The molecule has 0 saturated carbocycles. The third-order valence-electron chi connectivity index (χ3n) is 1.81. The zero-order chi connectivity index (χ0) is 10.9. The number of benzene rings is 1. The number of alkyl halides is 3. The summed E-state index contributed by atoms with van der Waals surface area (Å²) in [4.78, 5) is 0. The van der Waals surface area contributed by atoms with Crippen molar-refractivity contribution in [2.45, 2.75) is 13.1 Å². The third-order valence-corrected chi connectivity index (χ3v) is 1.81. The van der Waals surface area contributed by atoms with Crippen LogP contribution in [0, 0.1) is 24.1 Å². The second-order valence-electron chi connectivity index (χ2n) is 2.71. The zero-order valence-electron chi connectivity index (χ0n) is 7.11. The van der Waals surface area contributed by atoms with E-state index in [1.54, 1.807) is 0 Å². The Bertz CT molecular complexity index is 400. The fourth-order valence-electron chi connectivity index (χ4n) is 1.08. The third kappa shape index (κ3) is 1.69. The molecule has 0 atom stereocenters. The molecular weight excluding hydrogens is 198 g/mol. The summed E-state index contributed by atoms with van der Waals surface area (Å²) < 4.78 is 49.7. The van der Waals surface area contributed by atoms with Gasteiger partial charge in [-0.2, -0.15) is 18.4 Å². The molecule has 1 aromatic carbocycles. The minimum Gasteiger partial charge on any atom is -0.205 e. The summed E-state index contributed by atoms with van der Waals surface area (Å²) in [6.07, 6.45) is -4.58. The lowest BCUT2D eigenvalue weighted by Crippen LogP contribution is -2.09. The van der Waals surface area contributed by atoms with Crippen LogP contribution in [0.1, 0.15) is 16.7 Å². The molecule has 0 aliphatic heterocycles. The quantitative estimate of drug-likeness (QED) is 0.594. The molecule has 0 aliphatic carbocycles. The van der Waals surface area contributed by atoms with E-state index in [4.69, 9.17) is 5.26 Å². The Kier molecular flexibility index (Phi) is 2.47. The Morgan fingerprint density at radius 3 is 2.29 bits per heavy atom. The number of hydrogen-bond acceptors (Lipinski definition) is 1. The molecule has 0 aliphatic rings. The van der Waals surface area contributed by atoms with E-state index in [0.29, 0.717) is 6.07 Å². The molecule has 1 nitrogen and oxygen atoms in total. The highest BCUT2D eigenvalue weighted by molar-refractivity contribution is 5.40. The number of nitriles is 1. The van der Waals surface area contributed by atoms with Gasteiger partial charge in [0.05, 0.1) is 11.1 Å². The topological polar surface area (TPSA) is 23.8 Å². The molecule has 0 amide bonds. The van der Waals surface area contributed by atoms with Crippen LogP contribution in [0.5, 0.6) is 0 Å². The fraction of sp³-hybridized carbons (Fsp3) is 0.222. The minimum atomic E-state index is -4.58. The van der Waals surface area contributed by atoms with E-state index in [0.717, 1.165) is 13.0 Å². The molecule has 0 aromatic heterocycles. The van der Waals surface area contributed by atoms with Crippen LogP contribution in [0.15, 0.2) is 12.1 Å². The molecule has 14 heavy (non-hydrogen) atoms. The second kappa shape index (κ2) is 3.29. The minimum absolute atomic E-state index is 0.379. The van der Waals surface area contributed by atoms with E-state index < -0.39 is 23.1 Å². The molecular formula is C9H5F4N. The first kappa shape index (κ1) is 10.5. The summed E-state index contributed by atoms with van der Waals surface area (Å²) in [5.74, 6) is -1.11. The molecule has 0 unspecified atom stereocenters.